The molecule has 1 aliphatic rings. The van der Waals surface area contributed by atoms with E-state index in [1.807, 2.05) is 31.3 Å². The summed E-state index contributed by atoms with van der Waals surface area (Å²) in [4.78, 5) is 20.0. The average Bonchev–Trinajstić information content (AvgIpc) is 2.44. The van der Waals surface area contributed by atoms with Crippen molar-refractivity contribution in [3.8, 4) is 0 Å². The van der Waals surface area contributed by atoms with Gasteiger partial charge in [0.1, 0.15) is 5.82 Å². The van der Waals surface area contributed by atoms with E-state index in [0.29, 0.717) is 18.9 Å². The lowest BCUT2D eigenvalue weighted by Gasteiger charge is -2.32. The molecule has 5 heteroatoms. The Morgan fingerprint density at radius 1 is 1.30 bits per heavy atom. The van der Waals surface area contributed by atoms with Crippen LogP contribution in [-0.2, 0) is 11.3 Å². The molecular weight excluding hydrogens is 252 g/mol. The van der Waals surface area contributed by atoms with Crippen LogP contribution >= 0.6 is 0 Å². The molecule has 1 aliphatic heterocycles. The van der Waals surface area contributed by atoms with Crippen molar-refractivity contribution in [3.63, 3.8) is 0 Å². The highest BCUT2D eigenvalue weighted by Gasteiger charge is 2.21. The zero-order chi connectivity index (χ0) is 14.1. The van der Waals surface area contributed by atoms with E-state index in [2.05, 4.69) is 16.0 Å². The molecule has 2 aromatic rings. The van der Waals surface area contributed by atoms with Crippen molar-refractivity contribution >= 4 is 22.6 Å². The second-order valence-corrected chi connectivity index (χ2v) is 5.25. The summed E-state index contributed by atoms with van der Waals surface area (Å²) < 4.78 is 0. The van der Waals surface area contributed by atoms with Gasteiger partial charge in [0, 0.05) is 37.6 Å². The standard InChI is InChI=1S/C15H18N4O/c1-18-6-7-19(10-14(18)20)9-12-8-11-4-2-3-5-13(11)17-15(12)16/h2-5,8H,6-7,9-10H2,1H3,(H2,16,17). The lowest BCUT2D eigenvalue weighted by atomic mass is 10.1. The number of nitrogen functional groups attached to an aromatic ring is 1. The van der Waals surface area contributed by atoms with Gasteiger partial charge in [-0.15, -0.1) is 0 Å². The summed E-state index contributed by atoms with van der Waals surface area (Å²) in [5.41, 5.74) is 7.93. The average molecular weight is 270 g/mol. The molecule has 3 rings (SSSR count). The minimum atomic E-state index is 0.156. The van der Waals surface area contributed by atoms with E-state index >= 15 is 0 Å². The molecule has 1 fully saturated rings. The minimum absolute atomic E-state index is 0.156. The number of anilines is 1. The van der Waals surface area contributed by atoms with Crippen molar-refractivity contribution in [3.05, 3.63) is 35.9 Å². The number of carbonyl (C=O) groups excluding carboxylic acids is 1. The highest BCUT2D eigenvalue weighted by Crippen LogP contribution is 2.20. The number of para-hydroxylation sites is 1. The predicted molar refractivity (Wildman–Crippen MR) is 79.1 cm³/mol. The van der Waals surface area contributed by atoms with Gasteiger partial charge in [0.2, 0.25) is 5.91 Å². The van der Waals surface area contributed by atoms with E-state index < -0.39 is 0 Å². The number of rotatable bonds is 2. The molecule has 1 amide bonds. The van der Waals surface area contributed by atoms with E-state index in [0.717, 1.165) is 29.6 Å². The summed E-state index contributed by atoms with van der Waals surface area (Å²) in [7, 11) is 1.84. The monoisotopic (exact) mass is 270 g/mol. The van der Waals surface area contributed by atoms with E-state index in [4.69, 9.17) is 5.73 Å². The molecule has 1 saturated heterocycles. The largest absolute Gasteiger partial charge is 0.383 e. The molecule has 0 unspecified atom stereocenters. The number of likely N-dealkylation sites (N-methyl/N-ethyl adjacent to an activating group) is 1. The van der Waals surface area contributed by atoms with Crippen LogP contribution in [0.1, 0.15) is 5.56 Å². The van der Waals surface area contributed by atoms with Crippen LogP contribution in [0.5, 0.6) is 0 Å². The zero-order valence-corrected chi connectivity index (χ0v) is 11.5. The number of hydrogen-bond donors (Lipinski definition) is 1. The molecule has 0 bridgehead atoms. The number of benzene rings is 1. The van der Waals surface area contributed by atoms with Crippen molar-refractivity contribution in [2.75, 3.05) is 32.4 Å². The Morgan fingerprint density at radius 3 is 2.90 bits per heavy atom. The van der Waals surface area contributed by atoms with Crippen LogP contribution in [0.2, 0.25) is 0 Å². The Kier molecular flexibility index (Phi) is 3.28. The zero-order valence-electron chi connectivity index (χ0n) is 11.5. The Morgan fingerprint density at radius 2 is 2.10 bits per heavy atom. The van der Waals surface area contributed by atoms with Crippen LogP contribution in [-0.4, -0.2) is 47.4 Å². The third kappa shape index (κ3) is 2.44. The molecule has 5 nitrogen and oxygen atoms in total. The summed E-state index contributed by atoms with van der Waals surface area (Å²) in [6, 6.07) is 9.99. The number of fused-ring (bicyclic) bond motifs is 1. The summed E-state index contributed by atoms with van der Waals surface area (Å²) in [5, 5.41) is 1.08. The topological polar surface area (TPSA) is 62.5 Å². The molecule has 0 saturated carbocycles. The summed E-state index contributed by atoms with van der Waals surface area (Å²) in [6.45, 7) is 2.75. The minimum Gasteiger partial charge on any atom is -0.383 e. The van der Waals surface area contributed by atoms with Crippen LogP contribution in [0.3, 0.4) is 0 Å². The van der Waals surface area contributed by atoms with Crippen molar-refractivity contribution < 1.29 is 4.79 Å². The van der Waals surface area contributed by atoms with Gasteiger partial charge in [-0.05, 0) is 12.1 Å². The van der Waals surface area contributed by atoms with Crippen LogP contribution in [0.4, 0.5) is 5.82 Å². The van der Waals surface area contributed by atoms with Gasteiger partial charge in [0.25, 0.3) is 0 Å². The fourth-order valence-corrected chi connectivity index (χ4v) is 2.48. The number of pyridine rings is 1. The van der Waals surface area contributed by atoms with E-state index in [1.165, 1.54) is 0 Å². The Hall–Kier alpha value is -2.14. The highest BCUT2D eigenvalue weighted by molar-refractivity contribution is 5.81. The van der Waals surface area contributed by atoms with E-state index in [9.17, 15) is 4.79 Å². The number of piperazine rings is 1. The molecule has 0 aliphatic carbocycles. The van der Waals surface area contributed by atoms with Crippen LogP contribution in [0, 0.1) is 0 Å². The molecule has 1 aromatic carbocycles. The van der Waals surface area contributed by atoms with Crippen molar-refractivity contribution in [1.82, 2.24) is 14.8 Å². The van der Waals surface area contributed by atoms with Crippen LogP contribution < -0.4 is 5.73 Å². The van der Waals surface area contributed by atoms with Crippen LogP contribution in [0.25, 0.3) is 10.9 Å². The lowest BCUT2D eigenvalue weighted by molar-refractivity contribution is -0.134. The fraction of sp³-hybridized carbons (Fsp3) is 0.333. The highest BCUT2D eigenvalue weighted by atomic mass is 16.2. The smallest absolute Gasteiger partial charge is 0.236 e. The quantitative estimate of drug-likeness (QED) is 0.887. The normalized spacial score (nSPS) is 16.9. The van der Waals surface area contributed by atoms with E-state index in [-0.39, 0.29) is 5.91 Å². The first-order valence-corrected chi connectivity index (χ1v) is 6.74. The first kappa shape index (κ1) is 12.9. The van der Waals surface area contributed by atoms with Gasteiger partial charge in [0.15, 0.2) is 0 Å². The number of nitrogens with zero attached hydrogens (tertiary/aromatic N) is 3. The third-order valence-electron chi connectivity index (χ3n) is 3.77. The number of amides is 1. The fourth-order valence-electron chi connectivity index (χ4n) is 2.48. The van der Waals surface area contributed by atoms with Crippen molar-refractivity contribution in [2.45, 2.75) is 6.54 Å². The molecule has 2 N–H and O–H groups in total. The van der Waals surface area contributed by atoms with E-state index in [1.54, 1.807) is 4.90 Å². The lowest BCUT2D eigenvalue weighted by Crippen LogP contribution is -2.48. The maximum atomic E-state index is 11.7. The Labute approximate surface area is 118 Å². The van der Waals surface area contributed by atoms with Gasteiger partial charge in [-0.2, -0.15) is 0 Å². The number of carbonyl (C=O) groups is 1. The maximum Gasteiger partial charge on any atom is 0.236 e. The van der Waals surface area contributed by atoms with Gasteiger partial charge in [-0.1, -0.05) is 18.2 Å². The van der Waals surface area contributed by atoms with Gasteiger partial charge in [-0.25, -0.2) is 4.98 Å². The van der Waals surface area contributed by atoms with Gasteiger partial charge >= 0.3 is 0 Å². The number of aromatic nitrogens is 1. The summed E-state index contributed by atoms with van der Waals surface area (Å²) in [5.74, 6) is 0.707. The molecule has 20 heavy (non-hydrogen) atoms. The first-order chi connectivity index (χ1) is 9.63. The van der Waals surface area contributed by atoms with Gasteiger partial charge in [-0.3, -0.25) is 9.69 Å². The molecule has 2 heterocycles. The summed E-state index contributed by atoms with van der Waals surface area (Å²) in [6.07, 6.45) is 0. The maximum absolute atomic E-state index is 11.7. The van der Waals surface area contributed by atoms with Crippen molar-refractivity contribution in [1.29, 1.82) is 0 Å². The third-order valence-corrected chi connectivity index (χ3v) is 3.77. The van der Waals surface area contributed by atoms with Gasteiger partial charge in [0.05, 0.1) is 12.1 Å². The van der Waals surface area contributed by atoms with Crippen molar-refractivity contribution in [2.24, 2.45) is 0 Å². The molecule has 1 aromatic heterocycles. The molecule has 0 spiro atoms. The second-order valence-electron chi connectivity index (χ2n) is 5.25. The molecule has 0 radical (unpaired) electrons. The van der Waals surface area contributed by atoms with Gasteiger partial charge < -0.3 is 10.6 Å². The Bertz CT molecular complexity index is 655. The predicted octanol–water partition coefficient (Wildman–Crippen LogP) is 1.09. The number of hydrogen-bond acceptors (Lipinski definition) is 4. The molecule has 0 atom stereocenters. The number of nitrogens with two attached hydrogens (primary N) is 1. The first-order valence-electron chi connectivity index (χ1n) is 6.74. The Balaban J connectivity index is 1.84. The van der Waals surface area contributed by atoms with Crippen LogP contribution in [0.15, 0.2) is 30.3 Å². The summed E-state index contributed by atoms with van der Waals surface area (Å²) >= 11 is 0. The SMILES string of the molecule is CN1CCN(Cc2cc3ccccc3nc2N)CC1=O. The molecule has 104 valence electrons. The second kappa shape index (κ2) is 5.09. The molecular formula is C15H18N4O.